The molecule has 0 fully saturated rings. The maximum Gasteiger partial charge on any atom is 0.328 e. The smallest absolute Gasteiger partial charge is 0.328 e. The number of aromatic nitrogens is 2. The van der Waals surface area contributed by atoms with Crippen molar-refractivity contribution in [2.45, 2.75) is 58.4 Å². The maximum atomic E-state index is 11.4. The lowest BCUT2D eigenvalue weighted by Crippen LogP contribution is -2.31. The zero-order valence-corrected chi connectivity index (χ0v) is 11.1. The molecule has 3 N–H and O–H groups in total. The van der Waals surface area contributed by atoms with E-state index in [4.69, 9.17) is 5.73 Å². The van der Waals surface area contributed by atoms with Gasteiger partial charge >= 0.3 is 5.69 Å². The molecule has 1 heterocycles. The third-order valence-corrected chi connectivity index (χ3v) is 3.04. The standard InChI is InChI=1S/C13H23N3O2/c1-2-3-4-5-6-7-8-9-16-10-11(14)12(17)15-13(16)18/h10H,2-9,14H2,1H3,(H,15,17,18). The van der Waals surface area contributed by atoms with E-state index in [0.29, 0.717) is 6.54 Å². The average molecular weight is 253 g/mol. The van der Waals surface area contributed by atoms with Crippen LogP contribution in [0, 0.1) is 0 Å². The van der Waals surface area contributed by atoms with Crippen LogP contribution < -0.4 is 17.0 Å². The topological polar surface area (TPSA) is 80.9 Å². The lowest BCUT2D eigenvalue weighted by molar-refractivity contribution is 0.537. The number of nitrogen functional groups attached to an aromatic ring is 1. The van der Waals surface area contributed by atoms with Crippen LogP contribution in [0.25, 0.3) is 0 Å². The van der Waals surface area contributed by atoms with Gasteiger partial charge in [-0.2, -0.15) is 0 Å². The number of aromatic amines is 1. The lowest BCUT2D eigenvalue weighted by Gasteiger charge is -2.05. The highest BCUT2D eigenvalue weighted by molar-refractivity contribution is 5.30. The predicted octanol–water partition coefficient (Wildman–Crippen LogP) is 1.87. The Hall–Kier alpha value is -1.52. The molecule has 0 amide bonds. The Morgan fingerprint density at radius 3 is 2.39 bits per heavy atom. The van der Waals surface area contributed by atoms with Crippen LogP contribution >= 0.6 is 0 Å². The van der Waals surface area contributed by atoms with Crippen LogP contribution in [0.3, 0.4) is 0 Å². The van der Waals surface area contributed by atoms with Gasteiger partial charge in [-0.15, -0.1) is 0 Å². The van der Waals surface area contributed by atoms with Gasteiger partial charge in [-0.1, -0.05) is 45.4 Å². The third kappa shape index (κ3) is 4.77. The number of anilines is 1. The average Bonchev–Trinajstić information content (AvgIpc) is 2.34. The van der Waals surface area contributed by atoms with Crippen molar-refractivity contribution in [3.63, 3.8) is 0 Å². The summed E-state index contributed by atoms with van der Waals surface area (Å²) in [5.41, 5.74) is 4.69. The molecule has 0 atom stereocenters. The molecule has 0 aliphatic carbocycles. The molecule has 5 heteroatoms. The summed E-state index contributed by atoms with van der Waals surface area (Å²) in [6.07, 6.45) is 9.79. The molecule has 0 aliphatic heterocycles. The third-order valence-electron chi connectivity index (χ3n) is 3.04. The van der Waals surface area contributed by atoms with Crippen LogP contribution in [0.5, 0.6) is 0 Å². The first-order valence-electron chi connectivity index (χ1n) is 6.74. The molecule has 0 saturated heterocycles. The van der Waals surface area contributed by atoms with Crippen molar-refractivity contribution in [1.29, 1.82) is 0 Å². The molecule has 0 spiro atoms. The fourth-order valence-electron chi connectivity index (χ4n) is 1.93. The molecule has 0 saturated carbocycles. The van der Waals surface area contributed by atoms with Crippen molar-refractivity contribution in [2.24, 2.45) is 0 Å². The molecular weight excluding hydrogens is 230 g/mol. The molecule has 18 heavy (non-hydrogen) atoms. The summed E-state index contributed by atoms with van der Waals surface area (Å²) >= 11 is 0. The number of H-pyrrole nitrogens is 1. The fourth-order valence-corrected chi connectivity index (χ4v) is 1.93. The second-order valence-electron chi connectivity index (χ2n) is 4.66. The Kier molecular flexibility index (Phi) is 6.25. The minimum Gasteiger partial charge on any atom is -0.393 e. The Bertz CT molecular complexity index is 462. The molecule has 0 bridgehead atoms. The van der Waals surface area contributed by atoms with E-state index in [9.17, 15) is 9.59 Å². The molecule has 102 valence electrons. The molecule has 0 aliphatic rings. The fraction of sp³-hybridized carbons (Fsp3) is 0.692. The summed E-state index contributed by atoms with van der Waals surface area (Å²) in [6.45, 7) is 2.82. The molecule has 0 aromatic carbocycles. The number of hydrogen-bond acceptors (Lipinski definition) is 3. The van der Waals surface area contributed by atoms with E-state index in [-0.39, 0.29) is 11.4 Å². The quantitative estimate of drug-likeness (QED) is 0.694. The minimum atomic E-state index is -0.504. The van der Waals surface area contributed by atoms with Crippen molar-refractivity contribution >= 4 is 5.69 Å². The van der Waals surface area contributed by atoms with Crippen molar-refractivity contribution in [2.75, 3.05) is 5.73 Å². The molecule has 1 aromatic heterocycles. The highest BCUT2D eigenvalue weighted by Gasteiger charge is 2.00. The molecule has 0 unspecified atom stereocenters. The van der Waals surface area contributed by atoms with Crippen LogP contribution in [-0.2, 0) is 6.54 Å². The Morgan fingerprint density at radius 1 is 1.11 bits per heavy atom. The van der Waals surface area contributed by atoms with E-state index in [1.807, 2.05) is 0 Å². The van der Waals surface area contributed by atoms with Gasteiger partial charge in [0, 0.05) is 12.7 Å². The first-order valence-corrected chi connectivity index (χ1v) is 6.74. The Labute approximate surface area is 107 Å². The van der Waals surface area contributed by atoms with Crippen LogP contribution in [-0.4, -0.2) is 9.55 Å². The highest BCUT2D eigenvalue weighted by Crippen LogP contribution is 2.07. The van der Waals surface area contributed by atoms with Gasteiger partial charge in [0.25, 0.3) is 5.56 Å². The van der Waals surface area contributed by atoms with Gasteiger partial charge in [-0.25, -0.2) is 4.79 Å². The van der Waals surface area contributed by atoms with Gasteiger partial charge in [0.2, 0.25) is 0 Å². The van der Waals surface area contributed by atoms with Gasteiger partial charge in [0.05, 0.1) is 0 Å². The summed E-state index contributed by atoms with van der Waals surface area (Å²) in [6, 6.07) is 0. The monoisotopic (exact) mass is 253 g/mol. The minimum absolute atomic E-state index is 0.0949. The molecule has 0 radical (unpaired) electrons. The predicted molar refractivity (Wildman–Crippen MR) is 73.7 cm³/mol. The summed E-state index contributed by atoms with van der Waals surface area (Å²) in [4.78, 5) is 24.7. The van der Waals surface area contributed by atoms with Crippen molar-refractivity contribution in [3.05, 3.63) is 27.0 Å². The molecular formula is C13H23N3O2. The number of hydrogen-bond donors (Lipinski definition) is 2. The highest BCUT2D eigenvalue weighted by atomic mass is 16.2. The van der Waals surface area contributed by atoms with Crippen LogP contribution in [0.4, 0.5) is 5.69 Å². The number of nitrogens with zero attached hydrogens (tertiary/aromatic N) is 1. The summed E-state index contributed by atoms with van der Waals surface area (Å²) in [5, 5.41) is 0. The first kappa shape index (κ1) is 14.5. The maximum absolute atomic E-state index is 11.4. The van der Waals surface area contributed by atoms with Gasteiger partial charge in [0.1, 0.15) is 5.69 Å². The van der Waals surface area contributed by atoms with Crippen LogP contribution in [0.2, 0.25) is 0 Å². The SMILES string of the molecule is CCCCCCCCCn1cc(N)c(=O)[nH]c1=O. The number of aryl methyl sites for hydroxylation is 1. The van der Waals surface area contributed by atoms with Crippen molar-refractivity contribution < 1.29 is 0 Å². The van der Waals surface area contributed by atoms with E-state index in [0.717, 1.165) is 12.8 Å². The number of rotatable bonds is 8. The number of unbranched alkanes of at least 4 members (excludes halogenated alkanes) is 6. The van der Waals surface area contributed by atoms with Gasteiger partial charge in [-0.05, 0) is 6.42 Å². The summed E-state index contributed by atoms with van der Waals surface area (Å²) in [5.74, 6) is 0. The van der Waals surface area contributed by atoms with Crippen LogP contribution in [0.1, 0.15) is 51.9 Å². The zero-order chi connectivity index (χ0) is 13.4. The largest absolute Gasteiger partial charge is 0.393 e. The first-order chi connectivity index (χ1) is 8.65. The van der Waals surface area contributed by atoms with E-state index in [2.05, 4.69) is 11.9 Å². The normalized spacial score (nSPS) is 10.7. The van der Waals surface area contributed by atoms with E-state index < -0.39 is 5.56 Å². The number of nitrogens with one attached hydrogen (secondary N) is 1. The molecule has 1 aromatic rings. The summed E-state index contributed by atoms with van der Waals surface area (Å²) in [7, 11) is 0. The summed E-state index contributed by atoms with van der Waals surface area (Å²) < 4.78 is 1.47. The molecule has 1 rings (SSSR count). The lowest BCUT2D eigenvalue weighted by atomic mass is 10.1. The van der Waals surface area contributed by atoms with Crippen molar-refractivity contribution in [3.8, 4) is 0 Å². The van der Waals surface area contributed by atoms with E-state index in [1.165, 1.54) is 42.9 Å². The zero-order valence-electron chi connectivity index (χ0n) is 11.1. The van der Waals surface area contributed by atoms with Gasteiger partial charge in [0.15, 0.2) is 0 Å². The number of nitrogens with two attached hydrogens (primary N) is 1. The van der Waals surface area contributed by atoms with Crippen molar-refractivity contribution in [1.82, 2.24) is 9.55 Å². The van der Waals surface area contributed by atoms with E-state index in [1.54, 1.807) is 0 Å². The Balaban J connectivity index is 2.30. The second kappa shape index (κ2) is 7.74. The van der Waals surface area contributed by atoms with E-state index >= 15 is 0 Å². The Morgan fingerprint density at radius 2 is 1.72 bits per heavy atom. The molecule has 5 nitrogen and oxygen atoms in total. The van der Waals surface area contributed by atoms with Gasteiger partial charge < -0.3 is 5.73 Å². The second-order valence-corrected chi connectivity index (χ2v) is 4.66. The van der Waals surface area contributed by atoms with Crippen LogP contribution in [0.15, 0.2) is 15.8 Å². The van der Waals surface area contributed by atoms with Gasteiger partial charge in [-0.3, -0.25) is 14.3 Å².